The van der Waals surface area contributed by atoms with E-state index in [0.29, 0.717) is 13.0 Å². The van der Waals surface area contributed by atoms with Crippen LogP contribution < -0.4 is 0 Å². The molecule has 0 radical (unpaired) electrons. The Hall–Kier alpha value is -1.51. The van der Waals surface area contributed by atoms with Crippen molar-refractivity contribution in [1.82, 2.24) is 0 Å². The quantitative estimate of drug-likeness (QED) is 0.455. The maximum absolute atomic E-state index is 11.7. The Morgan fingerprint density at radius 3 is 2.71 bits per heavy atom. The van der Waals surface area contributed by atoms with Gasteiger partial charge in [0.1, 0.15) is 4.90 Å². The molecule has 1 saturated heterocycles. The summed E-state index contributed by atoms with van der Waals surface area (Å²) in [5.74, 6) is 0. The molecule has 1 fully saturated rings. The average Bonchev–Trinajstić information content (AvgIpc) is 2.24. The monoisotopic (exact) mass is 259 g/mol. The summed E-state index contributed by atoms with van der Waals surface area (Å²) in [6, 6.07) is 4.68. The molecular weight excluding hydrogens is 250 g/mol. The third-order valence-corrected chi connectivity index (χ3v) is 3.51. The number of nitro benzene ring substituents is 1. The smallest absolute Gasteiger partial charge is 0.299 e. The molecule has 1 aliphatic rings. The summed E-state index contributed by atoms with van der Waals surface area (Å²) >= 11 is 0. The van der Waals surface area contributed by atoms with Crippen molar-refractivity contribution in [3.63, 3.8) is 0 Å². The lowest BCUT2D eigenvalue weighted by Crippen LogP contribution is -2.31. The summed E-state index contributed by atoms with van der Waals surface area (Å²) in [5, 5.41) is 10.5. The summed E-state index contributed by atoms with van der Waals surface area (Å²) in [5.41, 5.74) is -0.302. The van der Waals surface area contributed by atoms with Crippen LogP contribution in [0.5, 0.6) is 0 Å². The van der Waals surface area contributed by atoms with Crippen molar-refractivity contribution >= 4 is 15.8 Å². The van der Waals surface area contributed by atoms with Crippen molar-refractivity contribution in [1.29, 1.82) is 0 Å². The number of non-ortho nitro benzene ring substituents is 1. The fourth-order valence-electron chi connectivity index (χ4n) is 1.24. The highest BCUT2D eigenvalue weighted by atomic mass is 32.2. The third kappa shape index (κ3) is 2.60. The molecule has 1 aliphatic heterocycles. The van der Waals surface area contributed by atoms with Crippen molar-refractivity contribution in [3.05, 3.63) is 34.4 Å². The van der Waals surface area contributed by atoms with Gasteiger partial charge in [0, 0.05) is 18.6 Å². The van der Waals surface area contributed by atoms with Crippen LogP contribution in [0.3, 0.4) is 0 Å². The summed E-state index contributed by atoms with van der Waals surface area (Å²) in [4.78, 5) is 9.60. The van der Waals surface area contributed by atoms with Crippen LogP contribution in [0, 0.1) is 10.1 Å². The first-order valence-electron chi connectivity index (χ1n) is 4.78. The Labute approximate surface area is 97.2 Å². The molecule has 8 heteroatoms. The van der Waals surface area contributed by atoms with Gasteiger partial charge in [-0.05, 0) is 6.07 Å². The lowest BCUT2D eigenvalue weighted by atomic mass is 10.3. The molecule has 0 aliphatic carbocycles. The first-order valence-corrected chi connectivity index (χ1v) is 6.19. The van der Waals surface area contributed by atoms with E-state index in [2.05, 4.69) is 0 Å². The summed E-state index contributed by atoms with van der Waals surface area (Å²) in [6.07, 6.45) is -0.284. The predicted octanol–water partition coefficient (Wildman–Crippen LogP) is 1.05. The Bertz CT molecular complexity index is 536. The number of nitro groups is 1. The minimum absolute atomic E-state index is 0.248. The lowest BCUT2D eigenvalue weighted by molar-refractivity contribution is -0.385. The second-order valence-electron chi connectivity index (χ2n) is 3.39. The first-order chi connectivity index (χ1) is 7.99. The number of benzene rings is 1. The van der Waals surface area contributed by atoms with Crippen LogP contribution in [0.1, 0.15) is 6.42 Å². The third-order valence-electron chi connectivity index (χ3n) is 2.21. The normalized spacial score (nSPS) is 19.6. The highest BCUT2D eigenvalue weighted by molar-refractivity contribution is 7.86. The molecular formula is C9H9NO6S. The Morgan fingerprint density at radius 2 is 2.18 bits per heavy atom. The van der Waals surface area contributed by atoms with Crippen LogP contribution in [0.4, 0.5) is 5.69 Å². The van der Waals surface area contributed by atoms with Gasteiger partial charge in [-0.3, -0.25) is 10.1 Å². The van der Waals surface area contributed by atoms with Gasteiger partial charge in [-0.15, -0.1) is 0 Å². The van der Waals surface area contributed by atoms with Crippen molar-refractivity contribution in [2.45, 2.75) is 17.6 Å². The zero-order chi connectivity index (χ0) is 12.5. The average molecular weight is 259 g/mol. The van der Waals surface area contributed by atoms with E-state index >= 15 is 0 Å². The largest absolute Gasteiger partial charge is 0.351 e. The second-order valence-corrected chi connectivity index (χ2v) is 4.97. The molecule has 1 unspecified atom stereocenters. The zero-order valence-electron chi connectivity index (χ0n) is 8.61. The molecule has 7 nitrogen and oxygen atoms in total. The lowest BCUT2D eigenvalue weighted by Gasteiger charge is -2.25. The van der Waals surface area contributed by atoms with Gasteiger partial charge in [-0.25, -0.2) is 4.18 Å². The first kappa shape index (κ1) is 12.0. The van der Waals surface area contributed by atoms with Gasteiger partial charge < -0.3 is 4.74 Å². The number of hydrogen-bond donors (Lipinski definition) is 0. The van der Waals surface area contributed by atoms with Gasteiger partial charge in [0.2, 0.25) is 0 Å². The van der Waals surface area contributed by atoms with Crippen molar-refractivity contribution in [2.75, 3.05) is 6.61 Å². The number of rotatable bonds is 4. The van der Waals surface area contributed by atoms with E-state index in [1.54, 1.807) is 0 Å². The molecule has 0 spiro atoms. The standard InChI is InChI=1S/C9H9NO6S/c11-10(12)7-2-1-3-8(6-7)17(13,14)16-9-4-5-15-9/h1-3,6,9H,4-5H2. The minimum atomic E-state index is -4.01. The van der Waals surface area contributed by atoms with E-state index in [9.17, 15) is 18.5 Å². The molecule has 0 bridgehead atoms. The summed E-state index contributed by atoms with van der Waals surface area (Å²) in [6.45, 7) is 0.453. The maximum Gasteiger partial charge on any atom is 0.299 e. The van der Waals surface area contributed by atoms with Crippen LogP contribution in [0.15, 0.2) is 29.2 Å². The second kappa shape index (κ2) is 4.40. The van der Waals surface area contributed by atoms with E-state index in [1.807, 2.05) is 0 Å². The zero-order valence-corrected chi connectivity index (χ0v) is 9.42. The molecule has 1 aromatic carbocycles. The highest BCUT2D eigenvalue weighted by Crippen LogP contribution is 2.23. The van der Waals surface area contributed by atoms with Crippen molar-refractivity contribution in [2.24, 2.45) is 0 Å². The molecule has 0 amide bonds. The van der Waals surface area contributed by atoms with Gasteiger partial charge in [-0.2, -0.15) is 8.42 Å². The van der Waals surface area contributed by atoms with Crippen LogP contribution in [0.2, 0.25) is 0 Å². The molecule has 17 heavy (non-hydrogen) atoms. The topological polar surface area (TPSA) is 95.7 Å². The van der Waals surface area contributed by atoms with Gasteiger partial charge in [0.15, 0.2) is 6.29 Å². The molecule has 1 aromatic rings. The van der Waals surface area contributed by atoms with E-state index in [4.69, 9.17) is 8.92 Å². The van der Waals surface area contributed by atoms with E-state index in [1.165, 1.54) is 18.2 Å². The highest BCUT2D eigenvalue weighted by Gasteiger charge is 2.28. The molecule has 92 valence electrons. The van der Waals surface area contributed by atoms with Gasteiger partial charge in [-0.1, -0.05) is 6.07 Å². The molecule has 2 rings (SSSR count). The Kier molecular flexibility index (Phi) is 3.09. The van der Waals surface area contributed by atoms with Crippen LogP contribution in [0.25, 0.3) is 0 Å². The van der Waals surface area contributed by atoms with Crippen molar-refractivity contribution < 1.29 is 22.3 Å². The van der Waals surface area contributed by atoms with E-state index in [0.717, 1.165) is 6.07 Å². The number of nitrogens with zero attached hydrogens (tertiary/aromatic N) is 1. The molecule has 0 saturated carbocycles. The summed E-state index contributed by atoms with van der Waals surface area (Å²) < 4.78 is 32.9. The number of ether oxygens (including phenoxy) is 1. The predicted molar refractivity (Wildman–Crippen MR) is 55.7 cm³/mol. The maximum atomic E-state index is 11.7. The number of hydrogen-bond acceptors (Lipinski definition) is 6. The summed E-state index contributed by atoms with van der Waals surface area (Å²) in [7, 11) is -4.01. The van der Waals surface area contributed by atoms with Crippen molar-refractivity contribution in [3.8, 4) is 0 Å². The molecule has 0 N–H and O–H groups in total. The molecule has 0 aromatic heterocycles. The van der Waals surface area contributed by atoms with Gasteiger partial charge >= 0.3 is 0 Å². The van der Waals surface area contributed by atoms with Gasteiger partial charge in [0.25, 0.3) is 15.8 Å². The fraction of sp³-hybridized carbons (Fsp3) is 0.333. The SMILES string of the molecule is O=[N+]([O-])c1cccc(S(=O)(=O)OC2CCO2)c1. The van der Waals surface area contributed by atoms with Crippen LogP contribution in [-0.2, 0) is 19.0 Å². The Morgan fingerprint density at radius 1 is 1.47 bits per heavy atom. The minimum Gasteiger partial charge on any atom is -0.351 e. The van der Waals surface area contributed by atoms with Crippen LogP contribution >= 0.6 is 0 Å². The van der Waals surface area contributed by atoms with Gasteiger partial charge in [0.05, 0.1) is 11.5 Å². The fourth-order valence-corrected chi connectivity index (χ4v) is 2.30. The molecule has 1 heterocycles. The Balaban J connectivity index is 2.25. The van der Waals surface area contributed by atoms with E-state index in [-0.39, 0.29) is 10.6 Å². The molecule has 1 atom stereocenters. The van der Waals surface area contributed by atoms with Crippen LogP contribution in [-0.4, -0.2) is 26.2 Å². The van der Waals surface area contributed by atoms with E-state index < -0.39 is 21.3 Å².